The van der Waals surface area contributed by atoms with Crippen molar-refractivity contribution in [2.24, 2.45) is 0 Å². The van der Waals surface area contributed by atoms with Gasteiger partial charge in [0.15, 0.2) is 0 Å². The van der Waals surface area contributed by atoms with Crippen LogP contribution < -0.4 is 5.32 Å². The van der Waals surface area contributed by atoms with Gasteiger partial charge in [-0.25, -0.2) is 0 Å². The van der Waals surface area contributed by atoms with Crippen LogP contribution in [0.2, 0.25) is 0 Å². The van der Waals surface area contributed by atoms with Gasteiger partial charge in [-0.2, -0.15) is 0 Å². The van der Waals surface area contributed by atoms with Crippen LogP contribution in [0.4, 0.5) is 0 Å². The molecule has 0 aliphatic rings. The first kappa shape index (κ1) is 16.0. The smallest absolute Gasteiger partial charge is 0.0684 e. The minimum Gasteiger partial charge on any atom is -0.383 e. The van der Waals surface area contributed by atoms with Crippen LogP contribution in [0.1, 0.15) is 5.69 Å². The first-order valence-electron chi connectivity index (χ1n) is 5.81. The van der Waals surface area contributed by atoms with Crippen LogP contribution in [0.15, 0.2) is 21.2 Å². The summed E-state index contributed by atoms with van der Waals surface area (Å²) in [6.07, 6.45) is 1.81. The van der Waals surface area contributed by atoms with E-state index in [9.17, 15) is 0 Å². The van der Waals surface area contributed by atoms with Gasteiger partial charge in [0, 0.05) is 48.4 Å². The highest BCUT2D eigenvalue weighted by Gasteiger charge is 2.02. The van der Waals surface area contributed by atoms with Crippen LogP contribution in [-0.2, 0) is 11.3 Å². The molecule has 0 fully saturated rings. The zero-order valence-electron chi connectivity index (χ0n) is 10.7. The first-order valence-corrected chi connectivity index (χ1v) is 7.40. The third-order valence-electron chi connectivity index (χ3n) is 2.52. The quantitative estimate of drug-likeness (QED) is 0.702. The Bertz CT molecular complexity index is 363. The monoisotopic (exact) mass is 379 g/mol. The number of rotatable bonds is 8. The Balaban J connectivity index is 2.21. The second-order valence-corrected chi connectivity index (χ2v) is 5.82. The lowest BCUT2D eigenvalue weighted by Crippen LogP contribution is -2.31. The van der Waals surface area contributed by atoms with Crippen LogP contribution in [0.3, 0.4) is 0 Å². The summed E-state index contributed by atoms with van der Waals surface area (Å²) >= 11 is 6.89. The van der Waals surface area contributed by atoms with Crippen molar-refractivity contribution in [2.75, 3.05) is 40.4 Å². The van der Waals surface area contributed by atoms with Crippen molar-refractivity contribution < 1.29 is 4.74 Å². The molecule has 0 unspecified atom stereocenters. The van der Waals surface area contributed by atoms with Gasteiger partial charge in [0.25, 0.3) is 0 Å². The number of aromatic nitrogens is 1. The normalized spacial score (nSPS) is 11.2. The fourth-order valence-corrected chi connectivity index (χ4v) is 2.54. The average Bonchev–Trinajstić information content (AvgIpc) is 2.34. The lowest BCUT2D eigenvalue weighted by molar-refractivity contribution is 0.161. The Hall–Kier alpha value is -0.0100. The molecule has 4 nitrogen and oxygen atoms in total. The lowest BCUT2D eigenvalue weighted by atomic mass is 10.3. The predicted octanol–water partition coefficient (Wildman–Crippen LogP) is 2.27. The Kier molecular flexibility index (Phi) is 8.01. The van der Waals surface area contributed by atoms with Crippen LogP contribution in [-0.4, -0.2) is 50.3 Å². The van der Waals surface area contributed by atoms with Gasteiger partial charge in [-0.15, -0.1) is 0 Å². The van der Waals surface area contributed by atoms with E-state index in [1.54, 1.807) is 7.11 Å². The molecule has 1 aromatic rings. The molecule has 0 saturated heterocycles. The van der Waals surface area contributed by atoms with E-state index in [1.165, 1.54) is 0 Å². The number of ether oxygens (including phenoxy) is 1. The molecule has 18 heavy (non-hydrogen) atoms. The van der Waals surface area contributed by atoms with Gasteiger partial charge in [0.1, 0.15) is 0 Å². The zero-order chi connectivity index (χ0) is 13.4. The maximum atomic E-state index is 5.03. The van der Waals surface area contributed by atoms with Gasteiger partial charge >= 0.3 is 0 Å². The maximum absolute atomic E-state index is 5.03. The van der Waals surface area contributed by atoms with Crippen molar-refractivity contribution in [3.8, 4) is 0 Å². The number of likely N-dealkylation sites (N-methyl/N-ethyl adjacent to an activating group) is 1. The minimum atomic E-state index is 0.770. The molecule has 1 aromatic heterocycles. The summed E-state index contributed by atoms with van der Waals surface area (Å²) in [7, 11) is 3.82. The molecule has 0 spiro atoms. The van der Waals surface area contributed by atoms with Gasteiger partial charge in [-0.1, -0.05) is 0 Å². The molecule has 0 radical (unpaired) electrons. The van der Waals surface area contributed by atoms with E-state index in [0.29, 0.717) is 0 Å². The fourth-order valence-electron chi connectivity index (χ4n) is 1.41. The molecule has 0 bridgehead atoms. The van der Waals surface area contributed by atoms with Crippen LogP contribution >= 0.6 is 31.9 Å². The van der Waals surface area contributed by atoms with E-state index in [2.05, 4.69) is 54.1 Å². The van der Waals surface area contributed by atoms with Crippen LogP contribution in [0.25, 0.3) is 0 Å². The molecular formula is C12H19Br2N3O. The van der Waals surface area contributed by atoms with Crippen LogP contribution in [0, 0.1) is 0 Å². The highest BCUT2D eigenvalue weighted by atomic mass is 79.9. The number of methoxy groups -OCH3 is 1. The average molecular weight is 381 g/mol. The molecule has 102 valence electrons. The molecule has 0 aliphatic carbocycles. The summed E-state index contributed by atoms with van der Waals surface area (Å²) < 4.78 is 7.04. The fraction of sp³-hybridized carbons (Fsp3) is 0.583. The van der Waals surface area contributed by atoms with Gasteiger partial charge in [-0.05, 0) is 45.0 Å². The number of hydrogen-bond donors (Lipinski definition) is 1. The summed E-state index contributed by atoms with van der Waals surface area (Å²) in [6.45, 7) is 4.43. The van der Waals surface area contributed by atoms with Crippen LogP contribution in [0.5, 0.6) is 0 Å². The van der Waals surface area contributed by atoms with E-state index in [4.69, 9.17) is 4.74 Å². The molecule has 0 amide bonds. The third-order valence-corrected chi connectivity index (χ3v) is 3.64. The molecule has 1 N–H and O–H groups in total. The summed E-state index contributed by atoms with van der Waals surface area (Å²) in [5.74, 6) is 0. The van der Waals surface area contributed by atoms with Gasteiger partial charge in [0.2, 0.25) is 0 Å². The highest BCUT2D eigenvalue weighted by molar-refractivity contribution is 9.11. The van der Waals surface area contributed by atoms with E-state index < -0.39 is 0 Å². The van der Waals surface area contributed by atoms with Crippen molar-refractivity contribution in [1.29, 1.82) is 0 Å². The molecule has 1 rings (SSSR count). The standard InChI is InChI=1S/C12H19Br2N3O/c1-17(5-6-18-2)4-3-15-9-12-11(14)7-10(13)8-16-12/h7-8,15H,3-6,9H2,1-2H3. The topological polar surface area (TPSA) is 37.4 Å². The third kappa shape index (κ3) is 6.24. The number of halogens is 2. The molecular weight excluding hydrogens is 362 g/mol. The molecule has 0 aliphatic heterocycles. The number of nitrogens with zero attached hydrogens (tertiary/aromatic N) is 2. The summed E-state index contributed by atoms with van der Waals surface area (Å²) in [5, 5.41) is 3.38. The molecule has 0 aromatic carbocycles. The van der Waals surface area contributed by atoms with E-state index in [-0.39, 0.29) is 0 Å². The Morgan fingerprint density at radius 1 is 1.39 bits per heavy atom. The van der Waals surface area contributed by atoms with Crippen molar-refractivity contribution in [1.82, 2.24) is 15.2 Å². The summed E-state index contributed by atoms with van der Waals surface area (Å²) in [5.41, 5.74) is 1.03. The molecule has 0 saturated carbocycles. The first-order chi connectivity index (χ1) is 8.63. The van der Waals surface area contributed by atoms with Gasteiger partial charge in [-0.3, -0.25) is 4.98 Å². The molecule has 6 heteroatoms. The Morgan fingerprint density at radius 3 is 2.83 bits per heavy atom. The largest absolute Gasteiger partial charge is 0.383 e. The van der Waals surface area contributed by atoms with E-state index >= 15 is 0 Å². The van der Waals surface area contributed by atoms with Crippen molar-refractivity contribution in [3.63, 3.8) is 0 Å². The maximum Gasteiger partial charge on any atom is 0.0684 e. The second kappa shape index (κ2) is 8.98. The highest BCUT2D eigenvalue weighted by Crippen LogP contribution is 2.19. The number of nitrogens with one attached hydrogen (secondary N) is 1. The van der Waals surface area contributed by atoms with Gasteiger partial charge in [0.05, 0.1) is 12.3 Å². The Morgan fingerprint density at radius 2 is 2.17 bits per heavy atom. The summed E-state index contributed by atoms with van der Waals surface area (Å²) in [6, 6.07) is 2.01. The Labute approximate surface area is 125 Å². The lowest BCUT2D eigenvalue weighted by Gasteiger charge is -2.16. The predicted molar refractivity (Wildman–Crippen MR) is 80.7 cm³/mol. The molecule has 0 atom stereocenters. The van der Waals surface area contributed by atoms with E-state index in [1.807, 2.05) is 12.3 Å². The molecule has 1 heterocycles. The number of hydrogen-bond acceptors (Lipinski definition) is 4. The SMILES string of the molecule is COCCN(C)CCNCc1ncc(Br)cc1Br. The van der Waals surface area contributed by atoms with Gasteiger partial charge < -0.3 is 15.0 Å². The van der Waals surface area contributed by atoms with Crippen molar-refractivity contribution in [3.05, 3.63) is 26.9 Å². The van der Waals surface area contributed by atoms with E-state index in [0.717, 1.165) is 47.4 Å². The summed E-state index contributed by atoms with van der Waals surface area (Å²) in [4.78, 5) is 6.59. The zero-order valence-corrected chi connectivity index (χ0v) is 13.9. The second-order valence-electron chi connectivity index (χ2n) is 4.05. The number of pyridine rings is 1. The van der Waals surface area contributed by atoms with Crippen molar-refractivity contribution >= 4 is 31.9 Å². The minimum absolute atomic E-state index is 0.770. The van der Waals surface area contributed by atoms with Crippen molar-refractivity contribution in [2.45, 2.75) is 6.54 Å².